The minimum Gasteiger partial charge on any atom is -0.493 e. The molecule has 0 saturated carbocycles. The topological polar surface area (TPSA) is 62.2 Å². The van der Waals surface area contributed by atoms with Crippen LogP contribution in [0.25, 0.3) is 0 Å². The Bertz CT molecular complexity index is 1220. The summed E-state index contributed by atoms with van der Waals surface area (Å²) in [5.74, 6) is -0.605. The van der Waals surface area contributed by atoms with Gasteiger partial charge in [-0.15, -0.1) is 0 Å². The first kappa shape index (κ1) is 13.9. The molecule has 2 aromatic rings. The molecule has 1 heterocycles. The lowest BCUT2D eigenvalue weighted by atomic mass is 9.98. The summed E-state index contributed by atoms with van der Waals surface area (Å²) in [5.41, 5.74) is 1.04. The van der Waals surface area contributed by atoms with Crippen LogP contribution in [0.15, 0.2) is 42.4 Å². The molecule has 1 saturated heterocycles. The number of carbonyl (C=O) groups excluding carboxylic acids is 1. The molecule has 0 radical (unpaired) electrons. The van der Waals surface area contributed by atoms with Crippen molar-refractivity contribution in [2.75, 3.05) is 52.8 Å². The highest BCUT2D eigenvalue weighted by atomic mass is 16.5. The van der Waals surface area contributed by atoms with Crippen LogP contribution in [0.3, 0.4) is 0 Å². The zero-order valence-corrected chi connectivity index (χ0v) is 18.0. The Labute approximate surface area is 198 Å². The molecule has 1 aliphatic rings. The minimum atomic E-state index is -2.85. The Morgan fingerprint density at radius 1 is 1.13 bits per heavy atom. The predicted molar refractivity (Wildman–Crippen MR) is 122 cm³/mol. The zero-order valence-electron chi connectivity index (χ0n) is 27.0. The molecule has 0 amide bonds. The lowest BCUT2D eigenvalue weighted by Gasteiger charge is -2.35. The van der Waals surface area contributed by atoms with E-state index in [1.165, 1.54) is 29.0 Å². The molecule has 6 heteroatoms. The van der Waals surface area contributed by atoms with E-state index in [2.05, 4.69) is 0 Å². The number of hydrogen-bond donors (Lipinski definition) is 1. The Morgan fingerprint density at radius 3 is 2.39 bits per heavy atom. The highest BCUT2D eigenvalue weighted by Crippen LogP contribution is 2.25. The lowest BCUT2D eigenvalue weighted by Crippen LogP contribution is -2.50. The summed E-state index contributed by atoms with van der Waals surface area (Å²) in [6.45, 7) is -5.16. The van der Waals surface area contributed by atoms with E-state index in [0.29, 0.717) is 16.7 Å². The fraction of sp³-hybridized carbons (Fsp3) is 0.480. The number of aliphatic hydroxyl groups is 1. The van der Waals surface area contributed by atoms with Gasteiger partial charge < -0.3 is 14.6 Å². The Morgan fingerprint density at radius 2 is 1.74 bits per heavy atom. The largest absolute Gasteiger partial charge is 0.493 e. The monoisotopic (exact) mass is 435 g/mol. The van der Waals surface area contributed by atoms with Gasteiger partial charge in [-0.25, -0.2) is 0 Å². The number of benzene rings is 2. The first-order valence-electron chi connectivity index (χ1n) is 14.6. The molecule has 1 unspecified atom stereocenters. The van der Waals surface area contributed by atoms with Crippen molar-refractivity contribution in [3.8, 4) is 11.5 Å². The molecule has 6 nitrogen and oxygen atoms in total. The molecule has 2 aromatic carbocycles. The third-order valence-electron chi connectivity index (χ3n) is 4.96. The number of nitrogens with zero attached hydrogens (tertiary/aromatic N) is 2. The van der Waals surface area contributed by atoms with E-state index in [0.717, 1.165) is 0 Å². The first-order chi connectivity index (χ1) is 18.5. The molecule has 1 N–H and O–H groups in total. The molecule has 31 heavy (non-hydrogen) atoms. The van der Waals surface area contributed by atoms with Crippen molar-refractivity contribution >= 4 is 5.78 Å². The summed E-state index contributed by atoms with van der Waals surface area (Å²) in [6.07, 6.45) is -2.62. The molecule has 1 atom stereocenters. The third kappa shape index (κ3) is 6.79. The summed E-state index contributed by atoms with van der Waals surface area (Å²) < 4.78 is 84.7. The number of ketones is 1. The van der Waals surface area contributed by atoms with Crippen molar-refractivity contribution in [3.63, 3.8) is 0 Å². The molecule has 0 aromatic heterocycles. The second-order valence-electron chi connectivity index (χ2n) is 7.19. The maximum absolute atomic E-state index is 13.1. The summed E-state index contributed by atoms with van der Waals surface area (Å²) in [6, 6.07) is 5.58. The highest BCUT2D eigenvalue weighted by Gasteiger charge is 2.21. The minimum absolute atomic E-state index is 0.0145. The maximum Gasteiger partial charge on any atom is 0.161 e. The van der Waals surface area contributed by atoms with Crippen molar-refractivity contribution in [2.24, 2.45) is 0 Å². The number of ether oxygens (including phenoxy) is 2. The average Bonchev–Trinajstić information content (AvgIpc) is 2.92. The smallest absolute Gasteiger partial charge is 0.161 e. The van der Waals surface area contributed by atoms with Crippen LogP contribution in [-0.4, -0.2) is 79.6 Å². The number of methoxy groups -OCH3 is 1. The van der Waals surface area contributed by atoms with Gasteiger partial charge >= 0.3 is 0 Å². The standard InChI is InChI=1S/C25H34N2O4/c1-19-7-6-8-20(2)23(19)15-21(28)16-26-11-13-27(14-12-26)17-22(29)18-31-25-10-5-4-9-24(25)30-3/h4-10,22,29H,11-18H2,1-3H3/i6D,7D,8D,16D2,17D2,18D2. The molecule has 1 aliphatic heterocycles. The fourth-order valence-corrected chi connectivity index (χ4v) is 3.26. The van der Waals surface area contributed by atoms with Gasteiger partial charge in [0.2, 0.25) is 0 Å². The van der Waals surface area contributed by atoms with Crippen LogP contribution in [0.5, 0.6) is 11.5 Å². The summed E-state index contributed by atoms with van der Waals surface area (Å²) in [4.78, 5) is 15.5. The van der Waals surface area contributed by atoms with E-state index in [9.17, 15) is 9.90 Å². The van der Waals surface area contributed by atoms with Gasteiger partial charge in [-0.05, 0) is 42.7 Å². The van der Waals surface area contributed by atoms with Crippen LogP contribution >= 0.6 is 0 Å². The van der Waals surface area contributed by atoms with Gasteiger partial charge in [0.15, 0.2) is 17.3 Å². The molecular formula is C25H34N2O4. The van der Waals surface area contributed by atoms with Crippen molar-refractivity contribution in [3.05, 3.63) is 59.1 Å². The van der Waals surface area contributed by atoms with Crippen molar-refractivity contribution in [2.45, 2.75) is 26.4 Å². The van der Waals surface area contributed by atoms with Gasteiger partial charge in [-0.2, -0.15) is 0 Å². The zero-order chi connectivity index (χ0) is 30.2. The number of β-amino-alcohol motifs (C(OH)–C–C–N with tert-alkyl or cyclic N) is 1. The number of piperazine rings is 1. The summed E-state index contributed by atoms with van der Waals surface area (Å²) >= 11 is 0. The van der Waals surface area contributed by atoms with E-state index < -0.39 is 31.4 Å². The van der Waals surface area contributed by atoms with Crippen molar-refractivity contribution in [1.29, 1.82) is 0 Å². The number of carbonyl (C=O) groups is 1. The fourth-order valence-electron chi connectivity index (χ4n) is 3.26. The summed E-state index contributed by atoms with van der Waals surface area (Å²) in [7, 11) is 1.37. The normalized spacial score (nSPS) is 21.7. The number of hydrogen-bond acceptors (Lipinski definition) is 6. The average molecular weight is 436 g/mol. The van der Waals surface area contributed by atoms with Crippen LogP contribution in [-0.2, 0) is 11.2 Å². The number of para-hydroxylation sites is 2. The van der Waals surface area contributed by atoms with Crippen molar-refractivity contribution in [1.82, 2.24) is 9.80 Å². The van der Waals surface area contributed by atoms with Gasteiger partial charge in [0.25, 0.3) is 0 Å². The van der Waals surface area contributed by atoms with E-state index in [-0.39, 0.29) is 62.2 Å². The van der Waals surface area contributed by atoms with Crippen LogP contribution in [0.4, 0.5) is 0 Å². The lowest BCUT2D eigenvalue weighted by molar-refractivity contribution is -0.120. The molecule has 0 bridgehead atoms. The molecule has 1 fully saturated rings. The Hall–Kier alpha value is -2.41. The van der Waals surface area contributed by atoms with E-state index >= 15 is 0 Å². The van der Waals surface area contributed by atoms with Crippen LogP contribution in [0.2, 0.25) is 0 Å². The van der Waals surface area contributed by atoms with Crippen LogP contribution in [0.1, 0.15) is 29.0 Å². The maximum atomic E-state index is 13.1. The second kappa shape index (κ2) is 11.3. The number of rotatable bonds is 10. The Kier molecular flexibility index (Phi) is 5.05. The third-order valence-corrected chi connectivity index (χ3v) is 4.96. The van der Waals surface area contributed by atoms with E-state index in [1.54, 1.807) is 26.0 Å². The summed E-state index contributed by atoms with van der Waals surface area (Å²) in [5, 5.41) is 10.7. The number of aliphatic hydroxyl groups excluding tert-OH is 1. The molecule has 0 spiro atoms. The van der Waals surface area contributed by atoms with Crippen LogP contribution in [0, 0.1) is 13.8 Å². The van der Waals surface area contributed by atoms with Gasteiger partial charge in [-0.3, -0.25) is 14.6 Å². The Balaban J connectivity index is 1.70. The number of Topliss-reactive ketones (excluding diaryl/α,β-unsaturated/α-hetero) is 1. The van der Waals surface area contributed by atoms with Crippen molar-refractivity contribution < 1.29 is 31.7 Å². The molecule has 0 aliphatic carbocycles. The van der Waals surface area contributed by atoms with E-state index in [4.69, 9.17) is 21.8 Å². The second-order valence-corrected chi connectivity index (χ2v) is 7.19. The van der Waals surface area contributed by atoms with E-state index in [1.807, 2.05) is 0 Å². The quantitative estimate of drug-likeness (QED) is 0.619. The first-order valence-corrected chi connectivity index (χ1v) is 10.1. The van der Waals surface area contributed by atoms with Gasteiger partial charge in [0.1, 0.15) is 12.7 Å². The van der Waals surface area contributed by atoms with Gasteiger partial charge in [-0.1, -0.05) is 30.3 Å². The van der Waals surface area contributed by atoms with Crippen LogP contribution < -0.4 is 9.47 Å². The van der Waals surface area contributed by atoms with Gasteiger partial charge in [0.05, 0.1) is 23.2 Å². The van der Waals surface area contributed by atoms with Gasteiger partial charge in [0, 0.05) is 41.8 Å². The predicted octanol–water partition coefficient (Wildman–Crippen LogP) is 2.48. The molecular weight excluding hydrogens is 392 g/mol. The molecule has 168 valence electrons. The highest BCUT2D eigenvalue weighted by molar-refractivity contribution is 5.83. The SMILES string of the molecule is [2H]c1c([2H])c(C)c(CC(=O)C([2H])([2H])N2CCN(C([2H])([2H])C(O)C([2H])([2H])Oc3ccccc3OC)CC2)c(C)c1[2H]. The molecule has 3 rings (SSSR count).